The van der Waals surface area contributed by atoms with Crippen LogP contribution in [0.15, 0.2) is 4.79 Å². The molecule has 1 rings (SSSR count). The minimum Gasteiger partial charge on any atom is -0.540 e. The van der Waals surface area contributed by atoms with Gasteiger partial charge in [0.2, 0.25) is 0 Å². The molecular weight excluding hydrogens is 378 g/mol. The molecule has 0 saturated carbocycles. The van der Waals surface area contributed by atoms with Crippen LogP contribution in [0.5, 0.6) is 0 Å². The fourth-order valence-electron chi connectivity index (χ4n) is 1.48. The van der Waals surface area contributed by atoms with Crippen molar-refractivity contribution in [2.45, 2.75) is 33.2 Å². The van der Waals surface area contributed by atoms with Crippen LogP contribution in [0.25, 0.3) is 0 Å². The molecule has 0 aliphatic rings. The average molecular weight is 392 g/mol. The maximum Gasteiger partial charge on any atom is 0.275 e. The average Bonchev–Trinajstić information content (AvgIpc) is 2.14. The van der Waals surface area contributed by atoms with Crippen LogP contribution in [-0.4, -0.2) is 15.8 Å². The van der Waals surface area contributed by atoms with E-state index in [2.05, 4.69) is 4.98 Å². The fraction of sp³-hybridized carbons (Fsp3) is 0.500. The molecule has 0 amide bonds. The maximum atomic E-state index is 11.8. The number of hydrogen-bond acceptors (Lipinski definition) is 4. The van der Waals surface area contributed by atoms with Gasteiger partial charge < -0.3 is 15.1 Å². The molecule has 0 unspecified atom stereocenters. The van der Waals surface area contributed by atoms with Crippen molar-refractivity contribution in [1.29, 1.82) is 0 Å². The standard InChI is InChI=1S/C10H14N3O2.W/c1-6-8(11)9(15)13(7(2)12-6)10(3,4)5-14;/h11H2,1-4H3;/q-1;. The maximum absolute atomic E-state index is 11.8. The second kappa shape index (κ2) is 4.91. The van der Waals surface area contributed by atoms with Crippen LogP contribution in [0.3, 0.4) is 0 Å². The van der Waals surface area contributed by atoms with Crippen molar-refractivity contribution >= 4 is 12.0 Å². The SMILES string of the molecule is Cc1nc(C)n(C(C)(C)[C-]=O)c(=O)c1N.[W]. The number of anilines is 1. The molecule has 1 heterocycles. The van der Waals surface area contributed by atoms with Crippen molar-refractivity contribution in [1.82, 2.24) is 9.55 Å². The first-order chi connectivity index (χ1) is 6.81. The van der Waals surface area contributed by atoms with Gasteiger partial charge in [-0.3, -0.25) is 4.79 Å². The van der Waals surface area contributed by atoms with E-state index in [4.69, 9.17) is 5.73 Å². The molecule has 16 heavy (non-hydrogen) atoms. The summed E-state index contributed by atoms with van der Waals surface area (Å²) in [5, 5.41) is 0. The minimum atomic E-state index is -1.05. The van der Waals surface area contributed by atoms with Crippen LogP contribution in [-0.2, 0) is 31.4 Å². The number of nitrogens with two attached hydrogens (primary N) is 1. The summed E-state index contributed by atoms with van der Waals surface area (Å²) in [6.45, 7) is 6.49. The molecular formula is C10H14N3O2W-. The molecule has 6 heteroatoms. The van der Waals surface area contributed by atoms with Gasteiger partial charge in [-0.25, -0.2) is 11.3 Å². The molecule has 1 aromatic rings. The Morgan fingerprint density at radius 3 is 2.31 bits per heavy atom. The number of nitrogen functional groups attached to an aromatic ring is 1. The number of aromatic nitrogens is 2. The van der Waals surface area contributed by atoms with Crippen LogP contribution in [0.4, 0.5) is 5.69 Å². The Bertz CT molecular complexity index is 466. The van der Waals surface area contributed by atoms with Crippen molar-refractivity contribution in [2.75, 3.05) is 5.73 Å². The Balaban J connectivity index is 0.00000225. The van der Waals surface area contributed by atoms with E-state index in [-0.39, 0.29) is 26.8 Å². The number of hydrogen-bond donors (Lipinski definition) is 1. The van der Waals surface area contributed by atoms with Crippen molar-refractivity contribution in [2.24, 2.45) is 0 Å². The van der Waals surface area contributed by atoms with Crippen LogP contribution < -0.4 is 11.3 Å². The van der Waals surface area contributed by atoms with Gasteiger partial charge in [0, 0.05) is 21.1 Å². The predicted molar refractivity (Wildman–Crippen MR) is 57.4 cm³/mol. The molecule has 0 fully saturated rings. The first kappa shape index (κ1) is 15.0. The number of rotatable bonds is 2. The fourth-order valence-corrected chi connectivity index (χ4v) is 1.48. The van der Waals surface area contributed by atoms with E-state index in [0.717, 1.165) is 0 Å². The number of aryl methyl sites for hydroxylation is 2. The Morgan fingerprint density at radius 2 is 1.88 bits per heavy atom. The topological polar surface area (TPSA) is 78.0 Å². The Hall–Kier alpha value is -0.962. The third kappa shape index (κ3) is 2.40. The summed E-state index contributed by atoms with van der Waals surface area (Å²) >= 11 is 0. The predicted octanol–water partition coefficient (Wildman–Crippen LogP) is 0.285. The van der Waals surface area contributed by atoms with E-state index in [0.29, 0.717) is 11.5 Å². The van der Waals surface area contributed by atoms with Crippen LogP contribution >= 0.6 is 0 Å². The summed E-state index contributed by atoms with van der Waals surface area (Å²) in [5.74, 6) is 0.458. The molecule has 0 spiro atoms. The van der Waals surface area contributed by atoms with Crippen molar-refractivity contribution in [3.05, 3.63) is 21.9 Å². The van der Waals surface area contributed by atoms with E-state index in [9.17, 15) is 9.59 Å². The van der Waals surface area contributed by atoms with Crippen molar-refractivity contribution in [3.63, 3.8) is 0 Å². The summed E-state index contributed by atoms with van der Waals surface area (Å²) in [6, 6.07) is 0. The van der Waals surface area contributed by atoms with Gasteiger partial charge in [0.1, 0.15) is 11.5 Å². The molecule has 1 aromatic heterocycles. The molecule has 0 atom stereocenters. The Labute approximate surface area is 108 Å². The van der Waals surface area contributed by atoms with E-state index in [1.807, 2.05) is 0 Å². The summed E-state index contributed by atoms with van der Waals surface area (Å²) in [7, 11) is 0. The zero-order valence-corrected chi connectivity index (χ0v) is 12.6. The van der Waals surface area contributed by atoms with Gasteiger partial charge in [-0.1, -0.05) is 19.4 Å². The zero-order valence-electron chi connectivity index (χ0n) is 9.70. The van der Waals surface area contributed by atoms with Crippen molar-refractivity contribution < 1.29 is 25.9 Å². The molecule has 0 radical (unpaired) electrons. The molecule has 5 nitrogen and oxygen atoms in total. The van der Waals surface area contributed by atoms with Gasteiger partial charge >= 0.3 is 0 Å². The van der Waals surface area contributed by atoms with Crippen molar-refractivity contribution in [3.8, 4) is 0 Å². The van der Waals surface area contributed by atoms with Gasteiger partial charge in [-0.15, -0.1) is 0 Å². The third-order valence-corrected chi connectivity index (χ3v) is 2.29. The Morgan fingerprint density at radius 1 is 1.38 bits per heavy atom. The molecule has 2 N–H and O–H groups in total. The minimum absolute atomic E-state index is 0. The van der Waals surface area contributed by atoms with Gasteiger partial charge in [0.05, 0.1) is 5.69 Å². The summed E-state index contributed by atoms with van der Waals surface area (Å²) in [6.07, 6.45) is 1.80. The molecule has 0 bridgehead atoms. The first-order valence-electron chi connectivity index (χ1n) is 4.56. The smallest absolute Gasteiger partial charge is 0.275 e. The number of carbonyl (C=O) groups excluding carboxylic acids is 1. The number of nitrogens with zero attached hydrogens (tertiary/aromatic N) is 2. The van der Waals surface area contributed by atoms with E-state index in [1.54, 1.807) is 34.0 Å². The first-order valence-corrected chi connectivity index (χ1v) is 4.56. The molecule has 88 valence electrons. The van der Waals surface area contributed by atoms with Gasteiger partial charge in [0.25, 0.3) is 5.56 Å². The van der Waals surface area contributed by atoms with E-state index >= 15 is 0 Å². The van der Waals surface area contributed by atoms with Crippen LogP contribution in [0.1, 0.15) is 25.4 Å². The summed E-state index contributed by atoms with van der Waals surface area (Å²) in [5.41, 5.74) is 4.69. The monoisotopic (exact) mass is 392 g/mol. The van der Waals surface area contributed by atoms with Gasteiger partial charge in [-0.2, -0.15) is 0 Å². The second-order valence-electron chi connectivity index (χ2n) is 3.96. The summed E-state index contributed by atoms with van der Waals surface area (Å²) in [4.78, 5) is 26.7. The van der Waals surface area contributed by atoms with E-state index in [1.165, 1.54) is 4.57 Å². The zero-order chi connectivity index (χ0) is 11.8. The van der Waals surface area contributed by atoms with Crippen LogP contribution in [0, 0.1) is 13.8 Å². The van der Waals surface area contributed by atoms with Crippen LogP contribution in [0.2, 0.25) is 0 Å². The quantitative estimate of drug-likeness (QED) is 0.734. The largest absolute Gasteiger partial charge is 0.540 e. The van der Waals surface area contributed by atoms with Gasteiger partial charge in [0.15, 0.2) is 0 Å². The Kier molecular flexibility index (Phi) is 4.62. The second-order valence-corrected chi connectivity index (χ2v) is 3.96. The van der Waals surface area contributed by atoms with Gasteiger partial charge in [-0.05, 0) is 13.8 Å². The molecule has 0 saturated heterocycles. The third-order valence-electron chi connectivity index (χ3n) is 2.29. The molecule has 0 aliphatic carbocycles. The molecule has 0 aliphatic heterocycles. The van der Waals surface area contributed by atoms with E-state index < -0.39 is 11.1 Å². The molecule has 0 aromatic carbocycles. The normalized spacial score (nSPS) is 10.8. The summed E-state index contributed by atoms with van der Waals surface area (Å²) < 4.78 is 1.25.